The summed E-state index contributed by atoms with van der Waals surface area (Å²) in [6.45, 7) is 0.143. The monoisotopic (exact) mass is 442 g/mol. The molecule has 3 aromatic rings. The molecule has 1 aromatic heterocycles. The zero-order valence-corrected chi connectivity index (χ0v) is 17.0. The van der Waals surface area contributed by atoms with Crippen molar-refractivity contribution in [3.8, 4) is 23.1 Å². The van der Waals surface area contributed by atoms with Gasteiger partial charge in [-0.15, -0.1) is 11.3 Å². The summed E-state index contributed by atoms with van der Waals surface area (Å²) in [6, 6.07) is 10.4. The van der Waals surface area contributed by atoms with Crippen LogP contribution >= 0.6 is 35.2 Å². The van der Waals surface area contributed by atoms with Crippen LogP contribution in [-0.4, -0.2) is 22.4 Å². The number of fused-ring (bicyclic) bond motifs is 2. The molecule has 0 aliphatic carbocycles. The van der Waals surface area contributed by atoms with Gasteiger partial charge in [-0.1, -0.05) is 11.6 Å². The highest BCUT2D eigenvalue weighted by Gasteiger charge is 2.19. The Hall–Kier alpha value is -2.94. The Balaban J connectivity index is 1.61. The van der Waals surface area contributed by atoms with E-state index in [0.717, 1.165) is 5.22 Å². The Bertz CT molecular complexity index is 1390. The molecule has 2 aromatic carbocycles. The summed E-state index contributed by atoms with van der Waals surface area (Å²) in [5, 5.41) is 12.5. The Kier molecular flexibility index (Phi) is 4.27. The van der Waals surface area contributed by atoms with Gasteiger partial charge in [-0.25, -0.2) is 4.99 Å². The Morgan fingerprint density at radius 3 is 2.69 bits per heavy atom. The minimum Gasteiger partial charge on any atom is -0.493 e. The zero-order chi connectivity index (χ0) is 20.1. The highest BCUT2D eigenvalue weighted by Crippen LogP contribution is 2.33. The predicted molar refractivity (Wildman–Crippen MR) is 112 cm³/mol. The molecule has 0 spiro atoms. The van der Waals surface area contributed by atoms with Gasteiger partial charge in [-0.05, 0) is 54.7 Å². The van der Waals surface area contributed by atoms with Gasteiger partial charge in [0, 0.05) is 21.9 Å². The van der Waals surface area contributed by atoms with Crippen LogP contribution in [-0.2, 0) is 4.79 Å². The van der Waals surface area contributed by atoms with E-state index in [1.165, 1.54) is 15.9 Å². The quantitative estimate of drug-likeness (QED) is 0.486. The number of amides is 1. The summed E-state index contributed by atoms with van der Waals surface area (Å²) in [5.41, 5.74) is 1.02. The molecule has 2 aliphatic heterocycles. The van der Waals surface area contributed by atoms with E-state index < -0.39 is 5.91 Å². The second-order valence-corrected chi connectivity index (χ2v) is 8.41. The summed E-state index contributed by atoms with van der Waals surface area (Å²) < 4.78 is 12.7. The second kappa shape index (κ2) is 6.84. The van der Waals surface area contributed by atoms with Crippen LogP contribution in [0.25, 0.3) is 17.8 Å². The number of aromatic hydroxyl groups is 1. The predicted octanol–water partition coefficient (Wildman–Crippen LogP) is 3.38. The molecule has 0 unspecified atom stereocenters. The van der Waals surface area contributed by atoms with Gasteiger partial charge >= 0.3 is 0 Å². The molecule has 0 bridgehead atoms. The number of hydrogen-bond donors (Lipinski definition) is 1. The molecule has 144 valence electrons. The van der Waals surface area contributed by atoms with Gasteiger partial charge in [-0.3, -0.25) is 9.36 Å². The van der Waals surface area contributed by atoms with Crippen molar-refractivity contribution >= 4 is 53.2 Å². The first-order valence-electron chi connectivity index (χ1n) is 8.46. The number of carbonyl (C=O) groups is 1. The molecule has 29 heavy (non-hydrogen) atoms. The molecule has 6 nitrogen and oxygen atoms in total. The lowest BCUT2D eigenvalue weighted by Crippen LogP contribution is -2.30. The van der Waals surface area contributed by atoms with Crippen molar-refractivity contribution in [1.82, 2.24) is 4.57 Å². The maximum absolute atomic E-state index is 12.5. The van der Waals surface area contributed by atoms with Crippen LogP contribution in [0, 0.1) is 3.95 Å². The molecular formula is C20H11ClN2O4S2. The first-order valence-corrected chi connectivity index (χ1v) is 10.1. The summed E-state index contributed by atoms with van der Waals surface area (Å²) in [7, 11) is 0. The number of hydrogen-bond acceptors (Lipinski definition) is 6. The van der Waals surface area contributed by atoms with Gasteiger partial charge in [0.15, 0.2) is 15.5 Å². The average molecular weight is 443 g/mol. The first kappa shape index (κ1) is 18.1. The molecule has 0 saturated heterocycles. The van der Waals surface area contributed by atoms with Crippen LogP contribution in [0.1, 0.15) is 4.88 Å². The van der Waals surface area contributed by atoms with Gasteiger partial charge in [0.05, 0.1) is 15.9 Å². The lowest BCUT2D eigenvalue weighted by Gasteiger charge is -2.06. The topological polar surface area (TPSA) is 73.1 Å². The number of thiazole rings is 1. The molecular weight excluding hydrogens is 432 g/mol. The van der Waals surface area contributed by atoms with Crippen LogP contribution in [0.5, 0.6) is 17.4 Å². The van der Waals surface area contributed by atoms with Gasteiger partial charge in [-0.2, -0.15) is 0 Å². The highest BCUT2D eigenvalue weighted by molar-refractivity contribution is 7.73. The average Bonchev–Trinajstić information content (AvgIpc) is 3.25. The van der Waals surface area contributed by atoms with Crippen molar-refractivity contribution in [2.75, 3.05) is 6.79 Å². The highest BCUT2D eigenvalue weighted by atomic mass is 35.5. The van der Waals surface area contributed by atoms with Crippen molar-refractivity contribution in [3.63, 3.8) is 0 Å². The van der Waals surface area contributed by atoms with Gasteiger partial charge in [0.25, 0.3) is 5.91 Å². The largest absolute Gasteiger partial charge is 0.493 e. The van der Waals surface area contributed by atoms with E-state index >= 15 is 0 Å². The maximum Gasteiger partial charge on any atom is 0.277 e. The normalized spacial score (nSPS) is 15.8. The van der Waals surface area contributed by atoms with Crippen LogP contribution < -0.4 is 20.0 Å². The third-order valence-corrected chi connectivity index (χ3v) is 6.05. The van der Waals surface area contributed by atoms with Crippen LogP contribution in [0.3, 0.4) is 0 Å². The van der Waals surface area contributed by atoms with E-state index in [2.05, 4.69) is 4.99 Å². The molecule has 5 rings (SSSR count). The Morgan fingerprint density at radius 1 is 1.21 bits per heavy atom. The van der Waals surface area contributed by atoms with E-state index in [-0.39, 0.29) is 12.7 Å². The number of carbonyl (C=O) groups excluding carboxylic acids is 1. The van der Waals surface area contributed by atoms with Crippen LogP contribution in [0.4, 0.5) is 0 Å². The molecule has 0 saturated carbocycles. The van der Waals surface area contributed by atoms with Crippen molar-refractivity contribution < 1.29 is 19.4 Å². The molecule has 0 atom stereocenters. The number of aromatic nitrogens is 1. The molecule has 3 heterocycles. The number of ether oxygens (including phenoxy) is 2. The lowest BCUT2D eigenvalue weighted by atomic mass is 10.1. The van der Waals surface area contributed by atoms with Crippen molar-refractivity contribution in [3.05, 3.63) is 66.4 Å². The fourth-order valence-corrected chi connectivity index (χ4v) is 4.53. The summed E-state index contributed by atoms with van der Waals surface area (Å²) >= 11 is 12.5. The fourth-order valence-electron chi connectivity index (χ4n) is 3.10. The molecule has 0 fully saturated rings. The molecule has 1 amide bonds. The van der Waals surface area contributed by atoms with E-state index in [1.807, 2.05) is 0 Å². The van der Waals surface area contributed by atoms with Crippen LogP contribution in [0.15, 0.2) is 47.0 Å². The minimum absolute atomic E-state index is 0.0486. The second-order valence-electron chi connectivity index (χ2n) is 6.29. The van der Waals surface area contributed by atoms with Gasteiger partial charge < -0.3 is 14.6 Å². The van der Waals surface area contributed by atoms with Crippen molar-refractivity contribution in [2.45, 2.75) is 0 Å². The standard InChI is InChI=1S/C20H11ClN2O4S2/c21-12-1-3-13(4-2-12)23-19(25)17(29-20(23)28)7-11-5-10-6-15-16(27-9-26-15)8-14(10)22-18(11)24/h1-8,25H,9H2. The Labute approximate surface area is 178 Å². The lowest BCUT2D eigenvalue weighted by molar-refractivity contribution is -0.114. The number of benzene rings is 2. The number of nitrogens with zero attached hydrogens (tertiary/aromatic N) is 2. The smallest absolute Gasteiger partial charge is 0.277 e. The third kappa shape index (κ3) is 3.15. The van der Waals surface area contributed by atoms with Gasteiger partial charge in [0.1, 0.15) is 0 Å². The SMILES string of the molecule is O=C1N=c2cc3c(cc2=CC1=Cc1sc(=S)n(-c2ccc(Cl)cc2)c1O)OCO3. The molecule has 0 radical (unpaired) electrons. The van der Waals surface area contributed by atoms with E-state index in [9.17, 15) is 9.90 Å². The van der Waals surface area contributed by atoms with Crippen molar-refractivity contribution in [2.24, 2.45) is 4.99 Å². The molecule has 9 heteroatoms. The fraction of sp³-hybridized carbons (Fsp3) is 0.0500. The summed E-state index contributed by atoms with van der Waals surface area (Å²) in [6.07, 6.45) is 3.29. The van der Waals surface area contributed by atoms with Crippen molar-refractivity contribution in [1.29, 1.82) is 0 Å². The summed E-state index contributed by atoms with van der Waals surface area (Å²) in [4.78, 5) is 17.1. The molecule has 1 N–H and O–H groups in total. The third-order valence-electron chi connectivity index (χ3n) is 4.49. The van der Waals surface area contributed by atoms with E-state index in [0.29, 0.717) is 42.0 Å². The number of halogens is 1. The molecule has 2 aliphatic rings. The first-order chi connectivity index (χ1) is 14.0. The maximum atomic E-state index is 12.5. The van der Waals surface area contributed by atoms with Crippen LogP contribution in [0.2, 0.25) is 5.02 Å². The Morgan fingerprint density at radius 2 is 1.93 bits per heavy atom. The van der Waals surface area contributed by atoms with Gasteiger partial charge in [0.2, 0.25) is 12.7 Å². The number of rotatable bonds is 2. The summed E-state index contributed by atoms with van der Waals surface area (Å²) in [5.74, 6) is 0.716. The van der Waals surface area contributed by atoms with E-state index in [4.69, 9.17) is 33.3 Å². The van der Waals surface area contributed by atoms with E-state index in [1.54, 1.807) is 48.6 Å². The zero-order valence-electron chi connectivity index (χ0n) is 14.6. The minimum atomic E-state index is -0.409.